The smallest absolute Gasteiger partial charge is 0.325 e. The van der Waals surface area contributed by atoms with E-state index in [4.69, 9.17) is 9.68 Å². The Morgan fingerprint density at radius 3 is 2.04 bits per heavy atom. The Kier molecular flexibility index (Phi) is 5.59. The molecule has 1 aromatic rings. The van der Waals surface area contributed by atoms with E-state index in [0.29, 0.717) is 11.7 Å². The normalized spacial score (nSPS) is 21.8. The summed E-state index contributed by atoms with van der Waals surface area (Å²) < 4.78 is 0. The first-order valence-corrected chi connectivity index (χ1v) is 9.70. The Morgan fingerprint density at radius 2 is 1.50 bits per heavy atom. The Hall–Kier alpha value is -2.25. The third-order valence-corrected chi connectivity index (χ3v) is 5.41. The van der Waals surface area contributed by atoms with E-state index in [2.05, 4.69) is 32.8 Å². The van der Waals surface area contributed by atoms with Gasteiger partial charge >= 0.3 is 5.97 Å². The van der Waals surface area contributed by atoms with Gasteiger partial charge in [-0.3, -0.25) is 14.4 Å². The van der Waals surface area contributed by atoms with Crippen LogP contribution in [0.5, 0.6) is 0 Å². The van der Waals surface area contributed by atoms with Crippen molar-refractivity contribution in [2.24, 2.45) is 0 Å². The lowest BCUT2D eigenvalue weighted by atomic mass is 9.82. The van der Waals surface area contributed by atoms with Gasteiger partial charge in [0.2, 0.25) is 0 Å². The van der Waals surface area contributed by atoms with E-state index in [-0.39, 0.29) is 29.5 Å². The van der Waals surface area contributed by atoms with Crippen LogP contribution in [0.3, 0.4) is 0 Å². The van der Waals surface area contributed by atoms with Gasteiger partial charge in [0.1, 0.15) is 0 Å². The van der Waals surface area contributed by atoms with E-state index in [1.165, 1.54) is 6.42 Å². The molecule has 7 heteroatoms. The van der Waals surface area contributed by atoms with E-state index in [9.17, 15) is 14.4 Å². The van der Waals surface area contributed by atoms with Gasteiger partial charge in [-0.1, -0.05) is 12.1 Å². The summed E-state index contributed by atoms with van der Waals surface area (Å²) >= 11 is 0. The molecule has 0 atom stereocenters. The number of nitrogens with zero attached hydrogens (tertiary/aromatic N) is 2. The molecule has 2 fully saturated rings. The van der Waals surface area contributed by atoms with E-state index in [0.717, 1.165) is 18.4 Å². The van der Waals surface area contributed by atoms with Gasteiger partial charge in [-0.15, -0.1) is 5.06 Å². The average Bonchev–Trinajstić information content (AvgIpc) is 2.92. The zero-order valence-electron chi connectivity index (χ0n) is 17.0. The molecule has 0 aromatic heterocycles. The Balaban J connectivity index is 1.60. The first-order chi connectivity index (χ1) is 13.1. The maximum atomic E-state index is 12.2. The molecule has 0 saturated carbocycles. The van der Waals surface area contributed by atoms with Crippen molar-refractivity contribution in [1.82, 2.24) is 10.1 Å². The minimum absolute atomic E-state index is 0.0414. The first-order valence-electron chi connectivity index (χ1n) is 9.70. The number of rotatable bonds is 5. The third-order valence-electron chi connectivity index (χ3n) is 5.41. The zero-order valence-corrected chi connectivity index (χ0v) is 17.0. The van der Waals surface area contributed by atoms with Crippen molar-refractivity contribution in [3.63, 3.8) is 0 Å². The lowest BCUT2D eigenvalue weighted by molar-refractivity contribution is -0.288. The van der Waals surface area contributed by atoms with Gasteiger partial charge in [0, 0.05) is 23.9 Å². The minimum Gasteiger partial charge on any atom is -0.325 e. The molecule has 0 aliphatic carbocycles. The predicted octanol–water partition coefficient (Wildman–Crippen LogP) is 3.38. The molecule has 1 aromatic carbocycles. The maximum Gasteiger partial charge on any atom is 0.363 e. The molecule has 28 heavy (non-hydrogen) atoms. The van der Waals surface area contributed by atoms with Crippen LogP contribution in [0.4, 0.5) is 0 Å². The largest absolute Gasteiger partial charge is 0.363 e. The lowest BCUT2D eigenvalue weighted by Gasteiger charge is -2.51. The number of carbonyl (C=O) groups excluding carboxylic acids is 3. The highest BCUT2D eigenvalue weighted by atomic mass is 16.7. The summed E-state index contributed by atoms with van der Waals surface area (Å²) in [6.45, 7) is 9.15. The Labute approximate surface area is 165 Å². The molecule has 0 radical (unpaired) electrons. The van der Waals surface area contributed by atoms with Gasteiger partial charge < -0.3 is 4.84 Å². The fourth-order valence-electron chi connectivity index (χ4n) is 4.00. The third kappa shape index (κ3) is 4.25. The highest BCUT2D eigenvalue weighted by Gasteiger charge is 2.42. The molecule has 0 N–H and O–H groups in total. The van der Waals surface area contributed by atoms with Crippen LogP contribution in [-0.2, 0) is 25.9 Å². The molecule has 2 amide bonds. The topological polar surface area (TPSA) is 76.2 Å². The molecule has 2 aliphatic heterocycles. The number of benzene rings is 1. The monoisotopic (exact) mass is 388 g/mol. The number of hydrogen-bond donors (Lipinski definition) is 0. The predicted molar refractivity (Wildman–Crippen MR) is 102 cm³/mol. The van der Waals surface area contributed by atoms with Crippen molar-refractivity contribution in [3.8, 4) is 0 Å². The van der Waals surface area contributed by atoms with Crippen LogP contribution in [0.15, 0.2) is 24.3 Å². The number of imide groups is 1. The summed E-state index contributed by atoms with van der Waals surface area (Å²) in [7, 11) is 0. The summed E-state index contributed by atoms with van der Waals surface area (Å²) in [6.07, 6.45) is 3.49. The fourth-order valence-corrected chi connectivity index (χ4v) is 4.00. The molecule has 2 heterocycles. The fraction of sp³-hybridized carbons (Fsp3) is 0.571. The van der Waals surface area contributed by atoms with Crippen LogP contribution >= 0.6 is 0 Å². The molecule has 7 nitrogen and oxygen atoms in total. The second-order valence-corrected chi connectivity index (χ2v) is 8.70. The van der Waals surface area contributed by atoms with Crippen LogP contribution < -0.4 is 0 Å². The summed E-state index contributed by atoms with van der Waals surface area (Å²) in [4.78, 5) is 46.4. The van der Waals surface area contributed by atoms with E-state index >= 15 is 0 Å². The van der Waals surface area contributed by atoms with Crippen LogP contribution in [0.25, 0.3) is 0 Å². The van der Waals surface area contributed by atoms with Crippen molar-refractivity contribution in [2.45, 2.75) is 77.5 Å². The van der Waals surface area contributed by atoms with E-state index in [1.54, 1.807) is 24.3 Å². The van der Waals surface area contributed by atoms with Crippen LogP contribution in [0.2, 0.25) is 0 Å². The molecule has 152 valence electrons. The highest BCUT2D eigenvalue weighted by Crippen LogP contribution is 2.38. The molecule has 0 bridgehead atoms. The second kappa shape index (κ2) is 7.64. The summed E-state index contributed by atoms with van der Waals surface area (Å²) in [5, 5.41) is 2.65. The molecule has 0 unspecified atom stereocenters. The first kappa shape index (κ1) is 20.5. The van der Waals surface area contributed by atoms with Crippen LogP contribution in [-0.4, -0.2) is 39.0 Å². The number of hydrogen-bond acceptors (Lipinski definition) is 6. The molecule has 0 spiro atoms. The number of carbonyl (C=O) groups is 3. The Morgan fingerprint density at radius 1 is 0.964 bits per heavy atom. The van der Waals surface area contributed by atoms with Crippen molar-refractivity contribution >= 4 is 17.8 Å². The molecule has 3 rings (SSSR count). The maximum absolute atomic E-state index is 12.2. The van der Waals surface area contributed by atoms with Crippen molar-refractivity contribution in [1.29, 1.82) is 0 Å². The number of amides is 2. The number of hydroxylamine groups is 4. The summed E-state index contributed by atoms with van der Waals surface area (Å²) in [5.41, 5.74) is 1.11. The quantitative estimate of drug-likeness (QED) is 0.720. The average molecular weight is 388 g/mol. The molecular formula is C21H28N2O5. The van der Waals surface area contributed by atoms with Gasteiger partial charge in [0.05, 0.1) is 12.2 Å². The minimum atomic E-state index is -0.727. The van der Waals surface area contributed by atoms with Gasteiger partial charge in [0.25, 0.3) is 11.8 Å². The molecule has 2 aliphatic rings. The van der Waals surface area contributed by atoms with Crippen LogP contribution in [0.1, 0.15) is 75.7 Å². The van der Waals surface area contributed by atoms with E-state index in [1.807, 2.05) is 0 Å². The van der Waals surface area contributed by atoms with Gasteiger partial charge in [-0.05, 0) is 64.7 Å². The van der Waals surface area contributed by atoms with Gasteiger partial charge in [-0.2, -0.15) is 5.06 Å². The standard InChI is InChI=1S/C21H28N2O5/c1-20(2)12-5-13-21(3,4)23(20)27-14-15-6-8-16(9-7-15)19(26)28-22-17(24)10-11-18(22)25/h6-9H,5,10-14H2,1-4H3. The summed E-state index contributed by atoms with van der Waals surface area (Å²) in [5.74, 6) is -1.71. The SMILES string of the molecule is CC1(C)CCCC(C)(C)N1OCc1ccc(C(=O)ON2C(=O)CCC2=O)cc1. The molecule has 2 saturated heterocycles. The second-order valence-electron chi connectivity index (χ2n) is 8.70. The van der Waals surface area contributed by atoms with Crippen molar-refractivity contribution < 1.29 is 24.1 Å². The van der Waals surface area contributed by atoms with Crippen molar-refractivity contribution in [3.05, 3.63) is 35.4 Å². The molecular weight excluding hydrogens is 360 g/mol. The van der Waals surface area contributed by atoms with Gasteiger partial charge in [-0.25, -0.2) is 4.79 Å². The highest BCUT2D eigenvalue weighted by molar-refractivity contribution is 6.02. The van der Waals surface area contributed by atoms with Crippen molar-refractivity contribution in [2.75, 3.05) is 0 Å². The Bertz CT molecular complexity index is 738. The zero-order chi connectivity index (χ0) is 20.5. The number of piperidine rings is 1. The van der Waals surface area contributed by atoms with Gasteiger partial charge in [0.15, 0.2) is 0 Å². The van der Waals surface area contributed by atoms with E-state index < -0.39 is 17.8 Å². The van der Waals surface area contributed by atoms with Crippen LogP contribution in [0, 0.1) is 0 Å². The lowest BCUT2D eigenvalue weighted by Crippen LogP contribution is -2.58. The summed E-state index contributed by atoms with van der Waals surface area (Å²) in [6, 6.07) is 6.79.